The Morgan fingerprint density at radius 2 is 2.00 bits per heavy atom. The number of benzene rings is 2. The first-order valence-electron chi connectivity index (χ1n) is 8.23. The van der Waals surface area contributed by atoms with Crippen LogP contribution in [0.1, 0.15) is 11.4 Å². The molecule has 6 nitrogen and oxygen atoms in total. The molecule has 2 heterocycles. The highest BCUT2D eigenvalue weighted by Gasteiger charge is 2.25. The van der Waals surface area contributed by atoms with Gasteiger partial charge in [0.15, 0.2) is 6.61 Å². The Balaban J connectivity index is 1.34. The number of carbonyl (C=O) groups is 2. The molecule has 4 rings (SSSR count). The highest BCUT2D eigenvalue weighted by molar-refractivity contribution is 7.18. The molecule has 1 amide bonds. The number of fused-ring (bicyclic) bond motifs is 2. The van der Waals surface area contributed by atoms with Crippen molar-refractivity contribution in [1.29, 1.82) is 0 Å². The Morgan fingerprint density at radius 1 is 1.19 bits per heavy atom. The van der Waals surface area contributed by atoms with Gasteiger partial charge in [-0.2, -0.15) is 0 Å². The third-order valence-corrected chi connectivity index (χ3v) is 5.05. The number of aromatic nitrogens is 1. The molecule has 0 bridgehead atoms. The molecule has 0 spiro atoms. The molecular formula is C19H16N2O4S. The minimum atomic E-state index is -0.360. The van der Waals surface area contributed by atoms with Crippen LogP contribution in [-0.4, -0.2) is 30.0 Å². The lowest BCUT2D eigenvalue weighted by molar-refractivity contribution is -0.144. The summed E-state index contributed by atoms with van der Waals surface area (Å²) in [6.45, 7) is 0.390. The maximum Gasteiger partial charge on any atom is 0.308 e. The smallest absolute Gasteiger partial charge is 0.308 e. The summed E-state index contributed by atoms with van der Waals surface area (Å²) in [5, 5.41) is 0.757. The minimum absolute atomic E-state index is 0.0161. The lowest BCUT2D eigenvalue weighted by Gasteiger charge is -2.28. The van der Waals surface area contributed by atoms with Gasteiger partial charge in [0.1, 0.15) is 17.4 Å². The number of esters is 1. The van der Waals surface area contributed by atoms with Gasteiger partial charge in [-0.25, -0.2) is 4.98 Å². The number of para-hydroxylation sites is 3. The van der Waals surface area contributed by atoms with Crippen LogP contribution in [0.3, 0.4) is 0 Å². The fourth-order valence-electron chi connectivity index (χ4n) is 2.80. The van der Waals surface area contributed by atoms with Crippen molar-refractivity contribution in [2.45, 2.75) is 13.0 Å². The minimum Gasteiger partial charge on any atom is -0.482 e. The van der Waals surface area contributed by atoms with E-state index in [-0.39, 0.29) is 38.1 Å². The third-order valence-electron chi connectivity index (χ3n) is 4.04. The Labute approximate surface area is 154 Å². The molecule has 2 aromatic carbocycles. The number of thiazole rings is 1. The summed E-state index contributed by atoms with van der Waals surface area (Å²) in [5.41, 5.74) is 1.58. The standard InChI is InChI=1S/C19H16N2O4S/c22-18-12-24-15-7-3-2-6-14(15)21(18)10-9-19(23)25-11-17-20-13-5-1-4-8-16(13)26-17/h1-8H,9-12H2. The molecule has 132 valence electrons. The molecule has 0 N–H and O–H groups in total. The van der Waals surface area contributed by atoms with Gasteiger partial charge in [-0.1, -0.05) is 24.3 Å². The molecule has 0 saturated heterocycles. The van der Waals surface area contributed by atoms with Crippen LogP contribution in [0.4, 0.5) is 5.69 Å². The van der Waals surface area contributed by atoms with Crippen molar-refractivity contribution in [1.82, 2.24) is 4.98 Å². The Hall–Kier alpha value is -2.93. The van der Waals surface area contributed by atoms with E-state index in [0.717, 1.165) is 15.2 Å². The summed E-state index contributed by atoms with van der Waals surface area (Å²) in [7, 11) is 0. The van der Waals surface area contributed by atoms with E-state index in [2.05, 4.69) is 4.98 Å². The van der Waals surface area contributed by atoms with Gasteiger partial charge in [0, 0.05) is 6.54 Å². The molecule has 0 saturated carbocycles. The number of hydrogen-bond acceptors (Lipinski definition) is 6. The average molecular weight is 368 g/mol. The monoisotopic (exact) mass is 368 g/mol. The van der Waals surface area contributed by atoms with Crippen LogP contribution in [0.5, 0.6) is 5.75 Å². The molecule has 0 radical (unpaired) electrons. The van der Waals surface area contributed by atoms with E-state index in [0.29, 0.717) is 11.4 Å². The second-order valence-electron chi connectivity index (χ2n) is 5.79. The van der Waals surface area contributed by atoms with E-state index in [9.17, 15) is 9.59 Å². The van der Waals surface area contributed by atoms with Crippen LogP contribution in [-0.2, 0) is 20.9 Å². The first-order chi connectivity index (χ1) is 12.7. The van der Waals surface area contributed by atoms with E-state index in [1.54, 1.807) is 17.0 Å². The lowest BCUT2D eigenvalue weighted by Crippen LogP contribution is -2.40. The van der Waals surface area contributed by atoms with E-state index < -0.39 is 0 Å². The van der Waals surface area contributed by atoms with Crippen LogP contribution in [0.2, 0.25) is 0 Å². The van der Waals surface area contributed by atoms with E-state index in [1.807, 2.05) is 36.4 Å². The summed E-state index contributed by atoms with van der Waals surface area (Å²) in [5.74, 6) is 0.124. The van der Waals surface area contributed by atoms with Gasteiger partial charge in [0.25, 0.3) is 5.91 Å². The van der Waals surface area contributed by atoms with Crippen LogP contribution in [0.25, 0.3) is 10.2 Å². The summed E-state index contributed by atoms with van der Waals surface area (Å²) in [6, 6.07) is 15.1. The molecule has 1 aliphatic rings. The van der Waals surface area contributed by atoms with Crippen LogP contribution >= 0.6 is 11.3 Å². The fraction of sp³-hybridized carbons (Fsp3) is 0.211. The van der Waals surface area contributed by atoms with Gasteiger partial charge < -0.3 is 14.4 Å². The van der Waals surface area contributed by atoms with Gasteiger partial charge in [-0.3, -0.25) is 9.59 Å². The van der Waals surface area contributed by atoms with Crippen LogP contribution in [0, 0.1) is 0 Å². The topological polar surface area (TPSA) is 68.7 Å². The summed E-state index contributed by atoms with van der Waals surface area (Å²) < 4.78 is 11.8. The number of ether oxygens (including phenoxy) is 2. The van der Waals surface area contributed by atoms with E-state index >= 15 is 0 Å². The first-order valence-corrected chi connectivity index (χ1v) is 9.04. The lowest BCUT2D eigenvalue weighted by atomic mass is 10.2. The molecule has 1 aliphatic heterocycles. The number of anilines is 1. The molecule has 0 fully saturated rings. The van der Waals surface area contributed by atoms with Crippen LogP contribution < -0.4 is 9.64 Å². The molecule has 3 aromatic rings. The third kappa shape index (κ3) is 3.39. The highest BCUT2D eigenvalue weighted by Crippen LogP contribution is 2.31. The second kappa shape index (κ2) is 7.13. The first kappa shape index (κ1) is 16.5. The average Bonchev–Trinajstić information content (AvgIpc) is 3.08. The van der Waals surface area contributed by atoms with Gasteiger partial charge in [-0.15, -0.1) is 11.3 Å². The Morgan fingerprint density at radius 3 is 2.88 bits per heavy atom. The largest absolute Gasteiger partial charge is 0.482 e. The molecule has 7 heteroatoms. The normalized spacial score (nSPS) is 13.4. The van der Waals surface area contributed by atoms with Gasteiger partial charge in [0.05, 0.1) is 22.3 Å². The molecule has 0 unspecified atom stereocenters. The molecule has 0 atom stereocenters. The second-order valence-corrected chi connectivity index (χ2v) is 6.90. The zero-order valence-electron chi connectivity index (χ0n) is 13.9. The molecule has 26 heavy (non-hydrogen) atoms. The number of amides is 1. The maximum atomic E-state index is 12.1. The van der Waals surface area contributed by atoms with E-state index in [4.69, 9.17) is 9.47 Å². The number of carbonyl (C=O) groups excluding carboxylic acids is 2. The number of hydrogen-bond donors (Lipinski definition) is 0. The summed E-state index contributed by atoms with van der Waals surface area (Å²) >= 11 is 1.51. The number of nitrogens with zero attached hydrogens (tertiary/aromatic N) is 2. The molecular weight excluding hydrogens is 352 g/mol. The zero-order valence-corrected chi connectivity index (χ0v) is 14.7. The van der Waals surface area contributed by atoms with Crippen molar-refractivity contribution in [2.24, 2.45) is 0 Å². The van der Waals surface area contributed by atoms with Crippen molar-refractivity contribution < 1.29 is 19.1 Å². The van der Waals surface area contributed by atoms with Crippen molar-refractivity contribution in [3.63, 3.8) is 0 Å². The van der Waals surface area contributed by atoms with Gasteiger partial charge in [0.2, 0.25) is 0 Å². The molecule has 1 aromatic heterocycles. The van der Waals surface area contributed by atoms with Crippen LogP contribution in [0.15, 0.2) is 48.5 Å². The van der Waals surface area contributed by atoms with E-state index in [1.165, 1.54) is 11.3 Å². The SMILES string of the molecule is O=C(CCN1C(=O)COc2ccccc21)OCc1nc2ccccc2s1. The fourth-order valence-corrected chi connectivity index (χ4v) is 3.68. The van der Waals surface area contributed by atoms with Crippen molar-refractivity contribution in [3.8, 4) is 5.75 Å². The zero-order chi connectivity index (χ0) is 17.9. The van der Waals surface area contributed by atoms with Crippen molar-refractivity contribution in [2.75, 3.05) is 18.1 Å². The summed E-state index contributed by atoms with van der Waals surface area (Å²) in [4.78, 5) is 30.2. The quantitative estimate of drug-likeness (QED) is 0.647. The summed E-state index contributed by atoms with van der Waals surface area (Å²) in [6.07, 6.45) is 0.116. The molecule has 0 aliphatic carbocycles. The number of rotatable bonds is 5. The Kier molecular flexibility index (Phi) is 4.53. The van der Waals surface area contributed by atoms with Crippen molar-refractivity contribution in [3.05, 3.63) is 53.5 Å². The maximum absolute atomic E-state index is 12.1. The predicted molar refractivity (Wildman–Crippen MR) is 98.3 cm³/mol. The predicted octanol–water partition coefficient (Wildman–Crippen LogP) is 3.16. The Bertz CT molecular complexity index is 936. The van der Waals surface area contributed by atoms with Gasteiger partial charge >= 0.3 is 5.97 Å². The highest BCUT2D eigenvalue weighted by atomic mass is 32.1. The van der Waals surface area contributed by atoms with Gasteiger partial charge in [-0.05, 0) is 24.3 Å². The van der Waals surface area contributed by atoms with Crippen molar-refractivity contribution >= 4 is 39.1 Å².